The molecule has 0 spiro atoms. The second kappa shape index (κ2) is 5.56. The smallest absolute Gasteiger partial charge is 0.292 e. The first-order valence-electron chi connectivity index (χ1n) is 6.12. The molecule has 0 saturated carbocycles. The van der Waals surface area contributed by atoms with Crippen LogP contribution in [0.2, 0.25) is 0 Å². The summed E-state index contributed by atoms with van der Waals surface area (Å²) >= 11 is 0. The van der Waals surface area contributed by atoms with Crippen LogP contribution in [-0.4, -0.2) is 4.92 Å². The molecule has 0 bridgehead atoms. The number of hydrogen-bond acceptors (Lipinski definition) is 4. The van der Waals surface area contributed by atoms with E-state index in [-0.39, 0.29) is 16.5 Å². The normalized spacial score (nSPS) is 10.7. The van der Waals surface area contributed by atoms with Gasteiger partial charge >= 0.3 is 0 Å². The molecule has 1 N–H and O–H groups in total. The Balaban J connectivity index is 2.21. The average molecular weight is 260 g/mol. The third-order valence-corrected chi connectivity index (χ3v) is 2.92. The van der Waals surface area contributed by atoms with Crippen LogP contribution in [0.3, 0.4) is 0 Å². The second-order valence-corrected chi connectivity index (χ2v) is 4.62. The Bertz CT molecular complexity index is 562. The Kier molecular flexibility index (Phi) is 3.85. The molecule has 5 nitrogen and oxygen atoms in total. The predicted octanol–water partition coefficient (Wildman–Crippen LogP) is 3.92. The molecule has 2 rings (SSSR count). The molecular weight excluding hydrogens is 244 g/mol. The molecule has 0 atom stereocenters. The van der Waals surface area contributed by atoms with Crippen molar-refractivity contribution in [1.29, 1.82) is 0 Å². The summed E-state index contributed by atoms with van der Waals surface area (Å²) in [6, 6.07) is 8.88. The number of benzene rings is 1. The van der Waals surface area contributed by atoms with Gasteiger partial charge in [0.05, 0.1) is 17.7 Å². The zero-order valence-corrected chi connectivity index (χ0v) is 10.9. The van der Waals surface area contributed by atoms with Crippen molar-refractivity contribution < 1.29 is 9.34 Å². The van der Waals surface area contributed by atoms with Crippen molar-refractivity contribution in [3.05, 3.63) is 58.0 Å². The fraction of sp³-hybridized carbons (Fsp3) is 0.286. The van der Waals surface area contributed by atoms with Crippen molar-refractivity contribution in [3.8, 4) is 0 Å². The van der Waals surface area contributed by atoms with Crippen molar-refractivity contribution >= 4 is 11.4 Å². The van der Waals surface area contributed by atoms with Gasteiger partial charge in [-0.3, -0.25) is 10.1 Å². The zero-order valence-electron chi connectivity index (χ0n) is 10.9. The van der Waals surface area contributed by atoms with Gasteiger partial charge in [0.25, 0.3) is 5.69 Å². The Hall–Kier alpha value is -2.30. The molecule has 5 heteroatoms. The van der Waals surface area contributed by atoms with Gasteiger partial charge in [-0.25, -0.2) is 0 Å². The average Bonchev–Trinajstić information content (AvgIpc) is 2.89. The molecule has 0 unspecified atom stereocenters. The van der Waals surface area contributed by atoms with Gasteiger partial charge in [0.2, 0.25) is 0 Å². The molecule has 1 heterocycles. The van der Waals surface area contributed by atoms with Gasteiger partial charge in [-0.2, -0.15) is 0 Å². The van der Waals surface area contributed by atoms with Gasteiger partial charge in [-0.15, -0.1) is 0 Å². The summed E-state index contributed by atoms with van der Waals surface area (Å²) in [6.45, 7) is 4.44. The largest absolute Gasteiger partial charge is 0.467 e. The summed E-state index contributed by atoms with van der Waals surface area (Å²) in [4.78, 5) is 10.7. The third-order valence-electron chi connectivity index (χ3n) is 2.92. The maximum absolute atomic E-state index is 11.1. The van der Waals surface area contributed by atoms with E-state index in [1.807, 2.05) is 26.0 Å². The van der Waals surface area contributed by atoms with Crippen LogP contribution in [0, 0.1) is 10.1 Å². The van der Waals surface area contributed by atoms with E-state index >= 15 is 0 Å². The number of nitro groups is 1. The molecule has 0 aliphatic heterocycles. The summed E-state index contributed by atoms with van der Waals surface area (Å²) in [5.41, 5.74) is 1.55. The highest BCUT2D eigenvalue weighted by Crippen LogP contribution is 2.29. The molecule has 0 amide bonds. The molecule has 0 saturated heterocycles. The Morgan fingerprint density at radius 1 is 1.37 bits per heavy atom. The number of nitrogens with zero attached hydrogens (tertiary/aromatic N) is 1. The number of hydrogen-bond donors (Lipinski definition) is 1. The van der Waals surface area contributed by atoms with Crippen LogP contribution in [0.4, 0.5) is 11.4 Å². The van der Waals surface area contributed by atoms with Crippen molar-refractivity contribution in [2.75, 3.05) is 5.32 Å². The molecule has 1 aromatic carbocycles. The highest BCUT2D eigenvalue weighted by Gasteiger charge is 2.15. The molecule has 0 fully saturated rings. The monoisotopic (exact) mass is 260 g/mol. The molecule has 100 valence electrons. The summed E-state index contributed by atoms with van der Waals surface area (Å²) in [6.07, 6.45) is 1.58. The molecule has 2 aromatic rings. The Morgan fingerprint density at radius 3 is 2.74 bits per heavy atom. The van der Waals surface area contributed by atoms with E-state index in [9.17, 15) is 10.1 Å². The summed E-state index contributed by atoms with van der Waals surface area (Å²) in [7, 11) is 0. The van der Waals surface area contributed by atoms with E-state index in [2.05, 4.69) is 5.32 Å². The van der Waals surface area contributed by atoms with Crippen LogP contribution in [0.15, 0.2) is 41.0 Å². The quantitative estimate of drug-likeness (QED) is 0.653. The number of rotatable bonds is 5. The standard InChI is InChI=1S/C14H16N2O3/c1-10(2)11-5-6-13(14(8-11)16(17)18)15-9-12-4-3-7-19-12/h3-8,10,15H,9H2,1-2H3. The first-order chi connectivity index (χ1) is 9.08. The van der Waals surface area contributed by atoms with Crippen LogP contribution in [0.5, 0.6) is 0 Å². The van der Waals surface area contributed by atoms with Gasteiger partial charge < -0.3 is 9.73 Å². The van der Waals surface area contributed by atoms with Gasteiger partial charge in [-0.05, 0) is 29.7 Å². The highest BCUT2D eigenvalue weighted by molar-refractivity contribution is 5.62. The number of anilines is 1. The van der Waals surface area contributed by atoms with E-state index in [0.29, 0.717) is 12.2 Å². The number of furan rings is 1. The fourth-order valence-corrected chi connectivity index (χ4v) is 1.80. The summed E-state index contributed by atoms with van der Waals surface area (Å²) < 4.78 is 5.19. The third kappa shape index (κ3) is 3.13. The lowest BCUT2D eigenvalue weighted by molar-refractivity contribution is -0.384. The van der Waals surface area contributed by atoms with E-state index in [1.54, 1.807) is 24.5 Å². The lowest BCUT2D eigenvalue weighted by atomic mass is 10.0. The van der Waals surface area contributed by atoms with Crippen LogP contribution in [0.25, 0.3) is 0 Å². The topological polar surface area (TPSA) is 68.3 Å². The number of nitro benzene ring substituents is 1. The first kappa shape index (κ1) is 13.1. The SMILES string of the molecule is CC(C)c1ccc(NCc2ccco2)c([N+](=O)[O-])c1. The van der Waals surface area contributed by atoms with Crippen LogP contribution < -0.4 is 5.32 Å². The summed E-state index contributed by atoms with van der Waals surface area (Å²) in [5.74, 6) is 1.00. The van der Waals surface area contributed by atoms with Gasteiger partial charge in [-0.1, -0.05) is 19.9 Å². The second-order valence-electron chi connectivity index (χ2n) is 4.62. The fourth-order valence-electron chi connectivity index (χ4n) is 1.80. The summed E-state index contributed by atoms with van der Waals surface area (Å²) in [5, 5.41) is 14.1. The van der Waals surface area contributed by atoms with Crippen molar-refractivity contribution in [2.45, 2.75) is 26.3 Å². The van der Waals surface area contributed by atoms with E-state index in [0.717, 1.165) is 11.3 Å². The van der Waals surface area contributed by atoms with Crippen molar-refractivity contribution in [3.63, 3.8) is 0 Å². The minimum Gasteiger partial charge on any atom is -0.467 e. The van der Waals surface area contributed by atoms with Gasteiger partial charge in [0.1, 0.15) is 11.4 Å². The highest BCUT2D eigenvalue weighted by atomic mass is 16.6. The Labute approximate surface area is 111 Å². The van der Waals surface area contributed by atoms with Crippen molar-refractivity contribution in [1.82, 2.24) is 0 Å². The molecule has 0 aliphatic rings. The van der Waals surface area contributed by atoms with Crippen LogP contribution in [-0.2, 0) is 6.54 Å². The molecule has 0 aliphatic carbocycles. The van der Waals surface area contributed by atoms with Gasteiger partial charge in [0.15, 0.2) is 0 Å². The zero-order chi connectivity index (χ0) is 13.8. The minimum absolute atomic E-state index is 0.0951. The minimum atomic E-state index is -0.365. The molecule has 19 heavy (non-hydrogen) atoms. The molecular formula is C14H16N2O3. The maximum Gasteiger partial charge on any atom is 0.292 e. The number of nitrogens with one attached hydrogen (secondary N) is 1. The lowest BCUT2D eigenvalue weighted by Gasteiger charge is -2.09. The van der Waals surface area contributed by atoms with Crippen LogP contribution >= 0.6 is 0 Å². The van der Waals surface area contributed by atoms with E-state index in [1.165, 1.54) is 0 Å². The Morgan fingerprint density at radius 2 is 2.16 bits per heavy atom. The lowest BCUT2D eigenvalue weighted by Crippen LogP contribution is -2.03. The molecule has 0 radical (unpaired) electrons. The van der Waals surface area contributed by atoms with Crippen LogP contribution in [0.1, 0.15) is 31.1 Å². The predicted molar refractivity (Wildman–Crippen MR) is 73.2 cm³/mol. The van der Waals surface area contributed by atoms with E-state index < -0.39 is 0 Å². The van der Waals surface area contributed by atoms with Gasteiger partial charge in [0, 0.05) is 6.07 Å². The maximum atomic E-state index is 11.1. The van der Waals surface area contributed by atoms with E-state index in [4.69, 9.17) is 4.42 Å². The van der Waals surface area contributed by atoms with Crippen molar-refractivity contribution in [2.24, 2.45) is 0 Å². The molecule has 1 aromatic heterocycles. The first-order valence-corrected chi connectivity index (χ1v) is 6.12.